The molecular formula is C25H36N10O3. The number of ether oxygens (including phenoxy) is 1. The quantitative estimate of drug-likeness (QED) is 0.451. The molecule has 1 atom stereocenters. The number of nitrogen functional groups attached to an aromatic ring is 1. The van der Waals surface area contributed by atoms with Crippen LogP contribution in [0, 0.1) is 5.92 Å². The fourth-order valence-electron chi connectivity index (χ4n) is 4.87. The molecule has 3 aromatic heterocycles. The normalized spacial score (nSPS) is 17.4. The zero-order valence-corrected chi connectivity index (χ0v) is 22.2. The van der Waals surface area contributed by atoms with E-state index in [0.29, 0.717) is 69.8 Å². The maximum Gasteiger partial charge on any atom is 0.225 e. The van der Waals surface area contributed by atoms with Crippen LogP contribution >= 0.6 is 0 Å². The lowest BCUT2D eigenvalue weighted by molar-refractivity contribution is -0.133. The van der Waals surface area contributed by atoms with Gasteiger partial charge in [0.15, 0.2) is 22.8 Å². The number of aliphatic hydroxyl groups is 1. The summed E-state index contributed by atoms with van der Waals surface area (Å²) in [7, 11) is 0. The second-order valence-corrected chi connectivity index (χ2v) is 10.3. The van der Waals surface area contributed by atoms with E-state index in [1.54, 1.807) is 19.3 Å². The first-order chi connectivity index (χ1) is 18.3. The molecule has 1 amide bonds. The van der Waals surface area contributed by atoms with Crippen LogP contribution in [0.25, 0.3) is 22.6 Å². The van der Waals surface area contributed by atoms with Gasteiger partial charge in [-0.15, -0.1) is 0 Å². The summed E-state index contributed by atoms with van der Waals surface area (Å²) in [6.07, 6.45) is 2.77. The van der Waals surface area contributed by atoms with Gasteiger partial charge in [-0.3, -0.25) is 9.36 Å². The van der Waals surface area contributed by atoms with Gasteiger partial charge < -0.3 is 30.3 Å². The molecule has 38 heavy (non-hydrogen) atoms. The molecule has 0 spiro atoms. The van der Waals surface area contributed by atoms with E-state index in [2.05, 4.69) is 38.2 Å². The van der Waals surface area contributed by atoms with Gasteiger partial charge in [0.25, 0.3) is 0 Å². The first-order valence-electron chi connectivity index (χ1n) is 13.2. The van der Waals surface area contributed by atoms with E-state index in [9.17, 15) is 9.90 Å². The molecule has 0 aliphatic carbocycles. The SMILES string of the molecule is CC(C)Cn1c(N2CCN(C(=O)C[C@@H](C)O)CC2)nc2c(N3CCOCC3)nc(-c3cnc(N)nc3)nc21. The highest BCUT2D eigenvalue weighted by atomic mass is 16.5. The standard InChI is InChI=1S/C25H36N10O3/c1-16(2)15-35-23-20(29-25(35)34-6-4-32(5-7-34)19(37)12-17(3)36)22(33-8-10-38-11-9-33)30-21(31-23)18-13-27-24(26)28-14-18/h13-14,16-17,36H,4-12,15H2,1-3H3,(H2,26,27,28)/t17-/m1/s1. The molecule has 13 heteroatoms. The van der Waals surface area contributed by atoms with Crippen molar-refractivity contribution >= 4 is 34.8 Å². The first-order valence-corrected chi connectivity index (χ1v) is 13.2. The molecule has 0 unspecified atom stereocenters. The van der Waals surface area contributed by atoms with Gasteiger partial charge in [0.1, 0.15) is 0 Å². The number of amides is 1. The van der Waals surface area contributed by atoms with Crippen LogP contribution < -0.4 is 15.5 Å². The largest absolute Gasteiger partial charge is 0.393 e. The number of rotatable bonds is 7. The number of nitrogens with zero attached hydrogens (tertiary/aromatic N) is 9. The molecule has 2 fully saturated rings. The molecule has 0 bridgehead atoms. The Hall–Kier alpha value is -3.58. The predicted molar refractivity (Wildman–Crippen MR) is 144 cm³/mol. The monoisotopic (exact) mass is 524 g/mol. The molecule has 5 heterocycles. The lowest BCUT2D eigenvalue weighted by Crippen LogP contribution is -2.50. The molecule has 204 valence electrons. The number of nitrogens with two attached hydrogens (primary N) is 1. The van der Waals surface area contributed by atoms with E-state index in [1.165, 1.54) is 0 Å². The molecular weight excluding hydrogens is 488 g/mol. The minimum absolute atomic E-state index is 0.0221. The summed E-state index contributed by atoms with van der Waals surface area (Å²) in [5.74, 6) is 2.63. The van der Waals surface area contributed by atoms with Crippen molar-refractivity contribution in [3.8, 4) is 11.4 Å². The first kappa shape index (κ1) is 26.0. The Bertz CT molecular complexity index is 1260. The highest BCUT2D eigenvalue weighted by Gasteiger charge is 2.29. The number of aliphatic hydroxyl groups excluding tert-OH is 1. The van der Waals surface area contributed by atoms with Crippen molar-refractivity contribution in [2.75, 3.05) is 68.0 Å². The van der Waals surface area contributed by atoms with Crippen molar-refractivity contribution < 1.29 is 14.6 Å². The zero-order valence-electron chi connectivity index (χ0n) is 22.2. The lowest BCUT2D eigenvalue weighted by atomic mass is 10.2. The Balaban J connectivity index is 1.56. The number of anilines is 3. The Morgan fingerprint density at radius 3 is 2.32 bits per heavy atom. The highest BCUT2D eigenvalue weighted by molar-refractivity contribution is 5.88. The van der Waals surface area contributed by atoms with Crippen LogP contribution in [0.2, 0.25) is 0 Å². The third kappa shape index (κ3) is 5.48. The smallest absolute Gasteiger partial charge is 0.225 e. The maximum atomic E-state index is 12.5. The number of carbonyl (C=O) groups excluding carboxylic acids is 1. The Morgan fingerprint density at radius 1 is 1.00 bits per heavy atom. The second kappa shape index (κ2) is 11.0. The Morgan fingerprint density at radius 2 is 1.68 bits per heavy atom. The van der Waals surface area contributed by atoms with E-state index in [-0.39, 0.29) is 18.3 Å². The molecule has 0 saturated carbocycles. The summed E-state index contributed by atoms with van der Waals surface area (Å²) in [4.78, 5) is 42.0. The molecule has 0 radical (unpaired) electrons. The van der Waals surface area contributed by atoms with Gasteiger partial charge in [-0.2, -0.15) is 0 Å². The number of hydrogen-bond acceptors (Lipinski definition) is 11. The number of piperazine rings is 1. The fourth-order valence-corrected chi connectivity index (χ4v) is 4.87. The van der Waals surface area contributed by atoms with Crippen LogP contribution in [0.1, 0.15) is 27.2 Å². The van der Waals surface area contributed by atoms with E-state index in [0.717, 1.165) is 29.5 Å². The second-order valence-electron chi connectivity index (χ2n) is 10.3. The summed E-state index contributed by atoms with van der Waals surface area (Å²) >= 11 is 0. The topological polar surface area (TPSA) is 152 Å². The van der Waals surface area contributed by atoms with Gasteiger partial charge >= 0.3 is 0 Å². The number of morpholine rings is 1. The van der Waals surface area contributed by atoms with Crippen LogP contribution in [0.3, 0.4) is 0 Å². The van der Waals surface area contributed by atoms with Crippen molar-refractivity contribution in [2.45, 2.75) is 39.8 Å². The summed E-state index contributed by atoms with van der Waals surface area (Å²) in [5.41, 5.74) is 7.90. The van der Waals surface area contributed by atoms with Crippen LogP contribution in [-0.4, -0.2) is 104 Å². The molecule has 0 aromatic carbocycles. The third-order valence-electron chi connectivity index (χ3n) is 6.73. The molecule has 3 N–H and O–H groups in total. The number of fused-ring (bicyclic) bond motifs is 1. The van der Waals surface area contributed by atoms with Crippen LogP contribution in [0.5, 0.6) is 0 Å². The van der Waals surface area contributed by atoms with Gasteiger partial charge in [-0.1, -0.05) is 13.8 Å². The van der Waals surface area contributed by atoms with Gasteiger partial charge in [-0.05, 0) is 12.8 Å². The van der Waals surface area contributed by atoms with E-state index in [4.69, 9.17) is 25.4 Å². The molecule has 2 aliphatic heterocycles. The Kier molecular flexibility index (Phi) is 7.56. The van der Waals surface area contributed by atoms with Crippen LogP contribution in [0.4, 0.5) is 17.7 Å². The van der Waals surface area contributed by atoms with Crippen molar-refractivity contribution in [3.05, 3.63) is 12.4 Å². The number of imidazole rings is 1. The lowest BCUT2D eigenvalue weighted by Gasteiger charge is -2.35. The van der Waals surface area contributed by atoms with Gasteiger partial charge in [-0.25, -0.2) is 24.9 Å². The molecule has 2 saturated heterocycles. The van der Waals surface area contributed by atoms with Crippen LogP contribution in [0.15, 0.2) is 12.4 Å². The van der Waals surface area contributed by atoms with Crippen molar-refractivity contribution in [1.29, 1.82) is 0 Å². The molecule has 3 aromatic rings. The van der Waals surface area contributed by atoms with Gasteiger partial charge in [0.2, 0.25) is 17.8 Å². The maximum absolute atomic E-state index is 12.5. The molecule has 5 rings (SSSR count). The Labute approximate surface area is 221 Å². The summed E-state index contributed by atoms with van der Waals surface area (Å²) in [6.45, 7) is 11.8. The fraction of sp³-hybridized carbons (Fsp3) is 0.600. The van der Waals surface area contributed by atoms with E-state index in [1.807, 2.05) is 4.90 Å². The summed E-state index contributed by atoms with van der Waals surface area (Å²) < 4.78 is 7.76. The van der Waals surface area contributed by atoms with Crippen molar-refractivity contribution in [1.82, 2.24) is 34.4 Å². The average molecular weight is 525 g/mol. The number of carbonyl (C=O) groups is 1. The zero-order chi connectivity index (χ0) is 26.8. The molecule has 13 nitrogen and oxygen atoms in total. The van der Waals surface area contributed by atoms with Crippen molar-refractivity contribution in [2.24, 2.45) is 5.92 Å². The van der Waals surface area contributed by atoms with Crippen LogP contribution in [-0.2, 0) is 16.1 Å². The van der Waals surface area contributed by atoms with E-state index >= 15 is 0 Å². The molecule has 2 aliphatic rings. The third-order valence-corrected chi connectivity index (χ3v) is 6.73. The summed E-state index contributed by atoms with van der Waals surface area (Å²) in [5, 5.41) is 9.63. The minimum atomic E-state index is -0.645. The van der Waals surface area contributed by atoms with Gasteiger partial charge in [0.05, 0.1) is 31.3 Å². The highest BCUT2D eigenvalue weighted by Crippen LogP contribution is 2.32. The van der Waals surface area contributed by atoms with Crippen molar-refractivity contribution in [3.63, 3.8) is 0 Å². The van der Waals surface area contributed by atoms with E-state index < -0.39 is 6.10 Å². The number of aromatic nitrogens is 6. The average Bonchev–Trinajstić information content (AvgIpc) is 3.26. The summed E-state index contributed by atoms with van der Waals surface area (Å²) in [6, 6.07) is 0. The number of hydrogen-bond donors (Lipinski definition) is 2. The van der Waals surface area contributed by atoms with Gasteiger partial charge in [0, 0.05) is 58.2 Å². The minimum Gasteiger partial charge on any atom is -0.393 e. The predicted octanol–water partition coefficient (Wildman–Crippen LogP) is 0.778.